The standard InChI is InChI=1S/C10H21NO2Si/c1-5-6-10(9(7-11)8-12)13-14(2,3)4/h9-10,12H,5-6,8H2,1-4H3/t9-,10+/m1/s1. The Balaban J connectivity index is 4.36. The minimum absolute atomic E-state index is 0.0957. The molecule has 0 amide bonds. The number of nitrogens with zero attached hydrogens (tertiary/aromatic N) is 1. The highest BCUT2D eigenvalue weighted by molar-refractivity contribution is 6.69. The minimum Gasteiger partial charge on any atom is -0.413 e. The molecule has 0 aromatic carbocycles. The second-order valence-corrected chi connectivity index (χ2v) is 8.94. The van der Waals surface area contributed by atoms with Gasteiger partial charge in [-0.05, 0) is 26.1 Å². The van der Waals surface area contributed by atoms with Crippen LogP contribution in [-0.2, 0) is 4.43 Å². The smallest absolute Gasteiger partial charge is 0.184 e. The lowest BCUT2D eigenvalue weighted by Gasteiger charge is -2.28. The van der Waals surface area contributed by atoms with Crippen LogP contribution in [0.15, 0.2) is 0 Å². The summed E-state index contributed by atoms with van der Waals surface area (Å²) in [5.41, 5.74) is 0. The number of hydrogen-bond donors (Lipinski definition) is 1. The van der Waals surface area contributed by atoms with E-state index in [2.05, 4.69) is 32.6 Å². The predicted molar refractivity (Wildman–Crippen MR) is 59.3 cm³/mol. The molecule has 3 nitrogen and oxygen atoms in total. The van der Waals surface area contributed by atoms with E-state index in [-0.39, 0.29) is 18.6 Å². The van der Waals surface area contributed by atoms with Crippen LogP contribution in [0.1, 0.15) is 19.8 Å². The molecule has 0 saturated carbocycles. The van der Waals surface area contributed by atoms with Gasteiger partial charge in [-0.15, -0.1) is 0 Å². The molecule has 0 radical (unpaired) electrons. The second kappa shape index (κ2) is 6.17. The van der Waals surface area contributed by atoms with Crippen LogP contribution in [0.25, 0.3) is 0 Å². The molecular weight excluding hydrogens is 194 g/mol. The van der Waals surface area contributed by atoms with Crippen molar-refractivity contribution in [3.8, 4) is 6.07 Å². The lowest BCUT2D eigenvalue weighted by atomic mass is 10.0. The minimum atomic E-state index is -1.62. The van der Waals surface area contributed by atoms with E-state index in [0.717, 1.165) is 12.8 Å². The summed E-state index contributed by atoms with van der Waals surface area (Å²) >= 11 is 0. The number of nitriles is 1. The van der Waals surface area contributed by atoms with Gasteiger partial charge < -0.3 is 9.53 Å². The van der Waals surface area contributed by atoms with Gasteiger partial charge in [0.25, 0.3) is 0 Å². The van der Waals surface area contributed by atoms with Gasteiger partial charge >= 0.3 is 0 Å². The van der Waals surface area contributed by atoms with Crippen molar-refractivity contribution in [2.45, 2.75) is 45.5 Å². The van der Waals surface area contributed by atoms with Gasteiger partial charge in [0.1, 0.15) is 0 Å². The van der Waals surface area contributed by atoms with Crippen LogP contribution < -0.4 is 0 Å². The highest BCUT2D eigenvalue weighted by Crippen LogP contribution is 2.18. The Morgan fingerprint density at radius 1 is 1.43 bits per heavy atom. The first-order valence-electron chi connectivity index (χ1n) is 5.13. The van der Waals surface area contributed by atoms with Gasteiger partial charge in [-0.3, -0.25) is 0 Å². The van der Waals surface area contributed by atoms with Crippen molar-refractivity contribution in [2.24, 2.45) is 5.92 Å². The maximum Gasteiger partial charge on any atom is 0.184 e. The van der Waals surface area contributed by atoms with Crippen LogP contribution in [0, 0.1) is 17.2 Å². The third-order valence-electron chi connectivity index (χ3n) is 1.89. The molecule has 0 bridgehead atoms. The molecule has 0 aromatic rings. The van der Waals surface area contributed by atoms with Gasteiger partial charge in [0.05, 0.1) is 24.7 Å². The molecule has 82 valence electrons. The fourth-order valence-corrected chi connectivity index (χ4v) is 2.51. The number of aliphatic hydroxyl groups is 1. The van der Waals surface area contributed by atoms with E-state index in [1.807, 2.05) is 0 Å². The van der Waals surface area contributed by atoms with E-state index in [1.54, 1.807) is 0 Å². The summed E-state index contributed by atoms with van der Waals surface area (Å²) in [6.45, 7) is 8.25. The fraction of sp³-hybridized carbons (Fsp3) is 0.900. The molecular formula is C10H21NO2Si. The van der Waals surface area contributed by atoms with E-state index >= 15 is 0 Å². The molecule has 4 heteroatoms. The van der Waals surface area contributed by atoms with E-state index in [0.29, 0.717) is 0 Å². The lowest BCUT2D eigenvalue weighted by Crippen LogP contribution is -2.37. The van der Waals surface area contributed by atoms with Crippen LogP contribution in [0.3, 0.4) is 0 Å². The summed E-state index contributed by atoms with van der Waals surface area (Å²) in [5, 5.41) is 17.9. The SMILES string of the molecule is CCC[C@H](O[Si](C)(C)C)[C@H](C#N)CO. The monoisotopic (exact) mass is 215 g/mol. The average Bonchev–Trinajstić information content (AvgIpc) is 2.04. The van der Waals surface area contributed by atoms with Gasteiger partial charge in [0.2, 0.25) is 0 Å². The zero-order chi connectivity index (χ0) is 11.2. The molecule has 0 aromatic heterocycles. The molecule has 0 unspecified atom stereocenters. The largest absolute Gasteiger partial charge is 0.413 e. The third-order valence-corrected chi connectivity index (χ3v) is 2.90. The van der Waals surface area contributed by atoms with E-state index in [9.17, 15) is 0 Å². The summed E-state index contributed by atoms with van der Waals surface area (Å²) in [6, 6.07) is 2.11. The van der Waals surface area contributed by atoms with Crippen LogP contribution in [-0.4, -0.2) is 26.1 Å². The average molecular weight is 215 g/mol. The fourth-order valence-electron chi connectivity index (χ4n) is 1.32. The highest BCUT2D eigenvalue weighted by Gasteiger charge is 2.26. The summed E-state index contributed by atoms with van der Waals surface area (Å²) in [7, 11) is -1.62. The van der Waals surface area contributed by atoms with Gasteiger partial charge in [0.15, 0.2) is 8.32 Å². The van der Waals surface area contributed by atoms with Crippen molar-refractivity contribution >= 4 is 8.32 Å². The molecule has 0 spiro atoms. The summed E-state index contributed by atoms with van der Waals surface area (Å²) in [6.07, 6.45) is 1.73. The first-order valence-corrected chi connectivity index (χ1v) is 8.53. The Kier molecular flexibility index (Phi) is 6.01. The molecule has 0 aliphatic heterocycles. The topological polar surface area (TPSA) is 53.2 Å². The van der Waals surface area contributed by atoms with Crippen LogP contribution >= 0.6 is 0 Å². The van der Waals surface area contributed by atoms with Crippen LogP contribution in [0.5, 0.6) is 0 Å². The zero-order valence-electron chi connectivity index (χ0n) is 9.58. The second-order valence-electron chi connectivity index (χ2n) is 4.48. The van der Waals surface area contributed by atoms with Crippen molar-refractivity contribution < 1.29 is 9.53 Å². The Bertz CT molecular complexity index is 195. The van der Waals surface area contributed by atoms with Crippen molar-refractivity contribution in [2.75, 3.05) is 6.61 Å². The van der Waals surface area contributed by atoms with Crippen molar-refractivity contribution in [3.05, 3.63) is 0 Å². The quantitative estimate of drug-likeness (QED) is 0.691. The van der Waals surface area contributed by atoms with Crippen LogP contribution in [0.2, 0.25) is 19.6 Å². The Hall–Kier alpha value is -0.373. The maximum absolute atomic E-state index is 9.03. The predicted octanol–water partition coefficient (Wildman–Crippen LogP) is 2.14. The molecule has 2 atom stereocenters. The van der Waals surface area contributed by atoms with Gasteiger partial charge in [-0.25, -0.2) is 0 Å². The third kappa shape index (κ3) is 5.38. The van der Waals surface area contributed by atoms with Crippen LogP contribution in [0.4, 0.5) is 0 Å². The summed E-state index contributed by atoms with van der Waals surface area (Å²) in [5.74, 6) is -0.373. The zero-order valence-corrected chi connectivity index (χ0v) is 10.6. The van der Waals surface area contributed by atoms with Crippen molar-refractivity contribution in [1.82, 2.24) is 0 Å². The molecule has 0 saturated heterocycles. The van der Waals surface area contributed by atoms with Gasteiger partial charge in [0, 0.05) is 0 Å². The molecule has 0 aliphatic carbocycles. The number of rotatable bonds is 6. The summed E-state index contributed by atoms with van der Waals surface area (Å²) in [4.78, 5) is 0. The van der Waals surface area contributed by atoms with Gasteiger partial charge in [-0.2, -0.15) is 5.26 Å². The summed E-state index contributed by atoms with van der Waals surface area (Å²) < 4.78 is 5.88. The highest BCUT2D eigenvalue weighted by atomic mass is 28.4. The van der Waals surface area contributed by atoms with E-state index in [1.165, 1.54) is 0 Å². The number of aliphatic hydroxyl groups excluding tert-OH is 1. The Labute approximate surface area is 87.8 Å². The van der Waals surface area contributed by atoms with E-state index < -0.39 is 8.32 Å². The van der Waals surface area contributed by atoms with E-state index in [4.69, 9.17) is 14.8 Å². The molecule has 14 heavy (non-hydrogen) atoms. The first-order chi connectivity index (χ1) is 6.44. The molecule has 1 N–H and O–H groups in total. The first kappa shape index (κ1) is 13.6. The number of hydrogen-bond acceptors (Lipinski definition) is 3. The maximum atomic E-state index is 9.03. The molecule has 0 aliphatic rings. The molecule has 0 heterocycles. The van der Waals surface area contributed by atoms with Crippen molar-refractivity contribution in [1.29, 1.82) is 5.26 Å². The molecule has 0 rings (SSSR count). The normalized spacial score (nSPS) is 16.0. The Morgan fingerprint density at radius 3 is 2.29 bits per heavy atom. The Morgan fingerprint density at radius 2 is 2.00 bits per heavy atom. The van der Waals surface area contributed by atoms with Gasteiger partial charge in [-0.1, -0.05) is 13.3 Å². The molecule has 0 fully saturated rings. The lowest BCUT2D eigenvalue weighted by molar-refractivity contribution is 0.102. The van der Waals surface area contributed by atoms with Crippen molar-refractivity contribution in [3.63, 3.8) is 0 Å².